The van der Waals surface area contributed by atoms with Gasteiger partial charge in [-0.05, 0) is 18.4 Å². The highest BCUT2D eigenvalue weighted by Gasteiger charge is 2.36. The zero-order valence-corrected chi connectivity index (χ0v) is 11.1. The molecule has 0 saturated carbocycles. The molecule has 0 radical (unpaired) electrons. The lowest BCUT2D eigenvalue weighted by Crippen LogP contribution is -2.16. The van der Waals surface area contributed by atoms with Gasteiger partial charge in [0.05, 0.1) is 5.57 Å². The Balaban J connectivity index is 5.17. The number of ketones is 1. The standard InChI is InChI=1S/C10H15F3OS2/c1-4-15-9(16-5-2)8(6-7(3)14)10(11,12)13/h4-6H2,1-3H3. The summed E-state index contributed by atoms with van der Waals surface area (Å²) in [6.07, 6.45) is -4.94. The Morgan fingerprint density at radius 3 is 1.81 bits per heavy atom. The fourth-order valence-electron chi connectivity index (χ4n) is 1.02. The first-order valence-corrected chi connectivity index (χ1v) is 6.85. The molecule has 0 aliphatic carbocycles. The van der Waals surface area contributed by atoms with Crippen molar-refractivity contribution in [3.63, 3.8) is 0 Å². The van der Waals surface area contributed by atoms with Crippen LogP contribution in [0.5, 0.6) is 0 Å². The Morgan fingerprint density at radius 1 is 1.12 bits per heavy atom. The SMILES string of the molecule is CCSC(SCC)=C(CC(C)=O)C(F)(F)F. The van der Waals surface area contributed by atoms with E-state index >= 15 is 0 Å². The van der Waals surface area contributed by atoms with E-state index in [1.54, 1.807) is 13.8 Å². The maximum atomic E-state index is 12.7. The van der Waals surface area contributed by atoms with Crippen LogP contribution < -0.4 is 0 Å². The van der Waals surface area contributed by atoms with Crippen molar-refractivity contribution >= 4 is 29.3 Å². The second-order valence-corrected chi connectivity index (χ2v) is 5.82. The first-order chi connectivity index (χ1) is 7.32. The number of halogens is 3. The molecule has 0 heterocycles. The van der Waals surface area contributed by atoms with Gasteiger partial charge in [-0.2, -0.15) is 13.2 Å². The number of rotatable bonds is 6. The lowest BCUT2D eigenvalue weighted by molar-refractivity contribution is -0.121. The number of Topliss-reactive ketones (excluding diaryl/α,β-unsaturated/α-hetero) is 1. The third-order valence-electron chi connectivity index (χ3n) is 1.57. The van der Waals surface area contributed by atoms with Crippen LogP contribution in [0.25, 0.3) is 0 Å². The second kappa shape index (κ2) is 7.27. The minimum atomic E-state index is -4.41. The van der Waals surface area contributed by atoms with Gasteiger partial charge in [0, 0.05) is 10.7 Å². The van der Waals surface area contributed by atoms with Gasteiger partial charge in [0.1, 0.15) is 5.78 Å². The Hall–Kier alpha value is -0.100. The van der Waals surface area contributed by atoms with Crippen molar-refractivity contribution in [3.8, 4) is 0 Å². The minimum absolute atomic E-state index is 0.229. The van der Waals surface area contributed by atoms with Crippen molar-refractivity contribution in [3.05, 3.63) is 9.81 Å². The first kappa shape index (κ1) is 15.9. The van der Waals surface area contributed by atoms with Gasteiger partial charge in [0.2, 0.25) is 0 Å². The predicted molar refractivity (Wildman–Crippen MR) is 64.6 cm³/mol. The molecule has 0 fully saturated rings. The van der Waals surface area contributed by atoms with E-state index in [0.29, 0.717) is 11.5 Å². The number of carbonyl (C=O) groups is 1. The first-order valence-electron chi connectivity index (χ1n) is 4.88. The van der Waals surface area contributed by atoms with E-state index in [9.17, 15) is 18.0 Å². The normalized spacial score (nSPS) is 11.4. The number of hydrogen-bond donors (Lipinski definition) is 0. The highest BCUT2D eigenvalue weighted by Crippen LogP contribution is 2.40. The molecule has 0 atom stereocenters. The molecule has 0 aliphatic rings. The average Bonchev–Trinajstić information content (AvgIpc) is 2.12. The van der Waals surface area contributed by atoms with Crippen LogP contribution in [-0.2, 0) is 4.79 Å². The zero-order valence-electron chi connectivity index (χ0n) is 9.48. The minimum Gasteiger partial charge on any atom is -0.300 e. The van der Waals surface area contributed by atoms with E-state index in [0.717, 1.165) is 23.5 Å². The monoisotopic (exact) mass is 272 g/mol. The van der Waals surface area contributed by atoms with Crippen LogP contribution in [0.2, 0.25) is 0 Å². The summed E-state index contributed by atoms with van der Waals surface area (Å²) in [6, 6.07) is 0. The van der Waals surface area contributed by atoms with Crippen molar-refractivity contribution in [1.82, 2.24) is 0 Å². The summed E-state index contributed by atoms with van der Waals surface area (Å²) < 4.78 is 38.5. The quantitative estimate of drug-likeness (QED) is 0.719. The summed E-state index contributed by atoms with van der Waals surface area (Å²) in [7, 11) is 0. The topological polar surface area (TPSA) is 17.1 Å². The molecule has 1 nitrogen and oxygen atoms in total. The summed E-state index contributed by atoms with van der Waals surface area (Å²) in [4.78, 5) is 10.9. The smallest absolute Gasteiger partial charge is 0.300 e. The molecule has 0 spiro atoms. The molecule has 0 rings (SSSR count). The van der Waals surface area contributed by atoms with E-state index in [1.165, 1.54) is 6.92 Å². The highest BCUT2D eigenvalue weighted by atomic mass is 32.2. The third-order valence-corrected chi connectivity index (χ3v) is 3.87. The van der Waals surface area contributed by atoms with Gasteiger partial charge >= 0.3 is 6.18 Å². The molecule has 16 heavy (non-hydrogen) atoms. The number of allylic oxidation sites excluding steroid dienone is 1. The zero-order chi connectivity index (χ0) is 12.8. The van der Waals surface area contributed by atoms with Gasteiger partial charge in [-0.1, -0.05) is 13.8 Å². The molecule has 0 unspecified atom stereocenters. The summed E-state index contributed by atoms with van der Waals surface area (Å²) in [5.41, 5.74) is -0.696. The summed E-state index contributed by atoms with van der Waals surface area (Å²) in [5, 5.41) is 0. The molecule has 0 aromatic rings. The van der Waals surface area contributed by atoms with Crippen LogP contribution in [0.4, 0.5) is 13.2 Å². The van der Waals surface area contributed by atoms with Crippen molar-refractivity contribution in [2.75, 3.05) is 11.5 Å². The van der Waals surface area contributed by atoms with E-state index in [2.05, 4.69) is 0 Å². The molecule has 0 amide bonds. The lowest BCUT2D eigenvalue weighted by atomic mass is 10.1. The predicted octanol–water partition coefficient (Wildman–Crippen LogP) is 4.25. The fourth-order valence-corrected chi connectivity index (χ4v) is 3.30. The van der Waals surface area contributed by atoms with Gasteiger partial charge in [-0.25, -0.2) is 0 Å². The maximum Gasteiger partial charge on any atom is 0.414 e. The van der Waals surface area contributed by atoms with Crippen molar-refractivity contribution in [2.24, 2.45) is 0 Å². The molecule has 0 bridgehead atoms. The van der Waals surface area contributed by atoms with Crippen molar-refractivity contribution < 1.29 is 18.0 Å². The highest BCUT2D eigenvalue weighted by molar-refractivity contribution is 8.22. The van der Waals surface area contributed by atoms with Gasteiger partial charge in [0.25, 0.3) is 0 Å². The fraction of sp³-hybridized carbons (Fsp3) is 0.700. The number of carbonyl (C=O) groups excluding carboxylic acids is 1. The van der Waals surface area contributed by atoms with Crippen molar-refractivity contribution in [2.45, 2.75) is 33.4 Å². The summed E-state index contributed by atoms with van der Waals surface area (Å²) in [6.45, 7) is 4.77. The van der Waals surface area contributed by atoms with Crippen LogP contribution in [0.15, 0.2) is 9.81 Å². The molecule has 0 N–H and O–H groups in total. The molecular weight excluding hydrogens is 257 g/mol. The summed E-state index contributed by atoms with van der Waals surface area (Å²) >= 11 is 2.30. The maximum absolute atomic E-state index is 12.7. The Labute approximate surface area is 102 Å². The van der Waals surface area contributed by atoms with E-state index < -0.39 is 24.0 Å². The molecule has 0 aromatic carbocycles. The summed E-state index contributed by atoms with van der Waals surface area (Å²) in [5.74, 6) is 0.679. The van der Waals surface area contributed by atoms with Crippen molar-refractivity contribution in [1.29, 1.82) is 0 Å². The van der Waals surface area contributed by atoms with E-state index in [4.69, 9.17) is 0 Å². The number of thioether (sulfide) groups is 2. The second-order valence-electron chi connectivity index (χ2n) is 3.01. The van der Waals surface area contributed by atoms with Crippen LogP contribution in [0.3, 0.4) is 0 Å². The lowest BCUT2D eigenvalue weighted by Gasteiger charge is -2.15. The van der Waals surface area contributed by atoms with Crippen LogP contribution in [0.1, 0.15) is 27.2 Å². The van der Waals surface area contributed by atoms with Gasteiger partial charge < -0.3 is 0 Å². The molecule has 0 saturated heterocycles. The largest absolute Gasteiger partial charge is 0.414 e. The van der Waals surface area contributed by atoms with Gasteiger partial charge in [-0.15, -0.1) is 23.5 Å². The Bertz CT molecular complexity index is 264. The van der Waals surface area contributed by atoms with Crippen LogP contribution >= 0.6 is 23.5 Å². The molecule has 0 aliphatic heterocycles. The molecular formula is C10H15F3OS2. The third kappa shape index (κ3) is 5.84. The molecule has 0 aromatic heterocycles. The van der Waals surface area contributed by atoms with Gasteiger partial charge in [0.15, 0.2) is 0 Å². The van der Waals surface area contributed by atoms with Crippen LogP contribution in [-0.4, -0.2) is 23.5 Å². The van der Waals surface area contributed by atoms with E-state index in [1.807, 2.05) is 0 Å². The van der Waals surface area contributed by atoms with Gasteiger partial charge in [-0.3, -0.25) is 4.79 Å². The Morgan fingerprint density at radius 2 is 1.56 bits per heavy atom. The number of hydrogen-bond acceptors (Lipinski definition) is 3. The van der Waals surface area contributed by atoms with E-state index in [-0.39, 0.29) is 4.24 Å². The average molecular weight is 272 g/mol. The molecule has 94 valence electrons. The number of alkyl halides is 3. The Kier molecular flexibility index (Phi) is 7.22. The molecule has 6 heteroatoms. The van der Waals surface area contributed by atoms with Crippen LogP contribution in [0, 0.1) is 0 Å².